The van der Waals surface area contributed by atoms with E-state index in [1.54, 1.807) is 0 Å². The first-order valence-corrected chi connectivity index (χ1v) is 20.4. The van der Waals surface area contributed by atoms with Gasteiger partial charge in [0.15, 0.2) is 5.82 Å². The Morgan fingerprint density at radius 3 is 1.46 bits per heavy atom. The van der Waals surface area contributed by atoms with Crippen LogP contribution in [-0.4, -0.2) is 9.97 Å². The quantitative estimate of drug-likeness (QED) is 0.169. The molecular weight excluding hydrogens is 713 g/mol. The molecule has 0 bridgehead atoms. The highest BCUT2D eigenvalue weighted by Gasteiger charge is 2.40. The van der Waals surface area contributed by atoms with E-state index in [2.05, 4.69) is 220 Å². The van der Waals surface area contributed by atoms with E-state index in [1.165, 1.54) is 60.7 Å². The third kappa shape index (κ3) is 6.04. The third-order valence-electron chi connectivity index (χ3n) is 12.2. The van der Waals surface area contributed by atoms with Crippen molar-refractivity contribution in [2.75, 3.05) is 0 Å². The van der Waals surface area contributed by atoms with Crippen LogP contribution >= 0.6 is 0 Å². The van der Waals surface area contributed by atoms with Crippen molar-refractivity contribution in [3.8, 4) is 78.3 Å². The fourth-order valence-corrected chi connectivity index (χ4v) is 9.12. The van der Waals surface area contributed by atoms with E-state index >= 15 is 0 Å². The SMILES string of the molecule is CC1(C)c2cc3ccccc3cc2-c2c(-c3cccc(-c4cccc(-c5cc(-c6ccccc6)cc(-c6ccccc6)c5)c4)c3)nc(-c3cccc4ccccc34)nc21. The Labute approximate surface area is 345 Å². The Morgan fingerprint density at radius 1 is 0.339 bits per heavy atom. The molecular formula is C57H40N2. The molecule has 2 heteroatoms. The molecule has 11 rings (SSSR count). The molecule has 0 saturated heterocycles. The number of benzene rings is 9. The molecule has 59 heavy (non-hydrogen) atoms. The van der Waals surface area contributed by atoms with Gasteiger partial charge in [0.2, 0.25) is 0 Å². The monoisotopic (exact) mass is 752 g/mol. The molecule has 0 fully saturated rings. The van der Waals surface area contributed by atoms with E-state index in [-0.39, 0.29) is 5.41 Å². The first-order chi connectivity index (χ1) is 29.0. The fourth-order valence-electron chi connectivity index (χ4n) is 9.12. The van der Waals surface area contributed by atoms with Gasteiger partial charge in [0.05, 0.1) is 11.4 Å². The Morgan fingerprint density at radius 2 is 0.797 bits per heavy atom. The van der Waals surface area contributed by atoms with Crippen LogP contribution in [0, 0.1) is 0 Å². The van der Waals surface area contributed by atoms with Gasteiger partial charge in [0.1, 0.15) is 0 Å². The number of rotatable bonds is 6. The summed E-state index contributed by atoms with van der Waals surface area (Å²) < 4.78 is 0. The molecule has 1 aliphatic rings. The lowest BCUT2D eigenvalue weighted by molar-refractivity contribution is 0.637. The summed E-state index contributed by atoms with van der Waals surface area (Å²) in [7, 11) is 0. The highest BCUT2D eigenvalue weighted by molar-refractivity contribution is 6.00. The molecule has 0 unspecified atom stereocenters. The van der Waals surface area contributed by atoms with Gasteiger partial charge in [0, 0.05) is 22.1 Å². The highest BCUT2D eigenvalue weighted by Crippen LogP contribution is 2.53. The summed E-state index contributed by atoms with van der Waals surface area (Å²) in [4.78, 5) is 11.0. The lowest BCUT2D eigenvalue weighted by Crippen LogP contribution is -2.17. The number of hydrogen-bond acceptors (Lipinski definition) is 2. The Bertz CT molecular complexity index is 3170. The van der Waals surface area contributed by atoms with Crippen molar-refractivity contribution in [3.63, 3.8) is 0 Å². The summed E-state index contributed by atoms with van der Waals surface area (Å²) in [6, 6.07) is 74.5. The van der Waals surface area contributed by atoms with Crippen molar-refractivity contribution in [1.29, 1.82) is 0 Å². The van der Waals surface area contributed by atoms with Crippen molar-refractivity contribution in [1.82, 2.24) is 9.97 Å². The largest absolute Gasteiger partial charge is 0.231 e. The van der Waals surface area contributed by atoms with Crippen LogP contribution in [0.15, 0.2) is 206 Å². The van der Waals surface area contributed by atoms with E-state index in [9.17, 15) is 0 Å². The minimum Gasteiger partial charge on any atom is -0.231 e. The Balaban J connectivity index is 1.08. The third-order valence-corrected chi connectivity index (χ3v) is 12.2. The summed E-state index contributed by atoms with van der Waals surface area (Å²) >= 11 is 0. The molecule has 0 spiro atoms. The molecule has 0 saturated carbocycles. The van der Waals surface area contributed by atoms with Crippen LogP contribution in [-0.2, 0) is 5.41 Å². The van der Waals surface area contributed by atoms with E-state index in [0.29, 0.717) is 0 Å². The Kier molecular flexibility index (Phi) is 8.20. The molecule has 1 aliphatic carbocycles. The van der Waals surface area contributed by atoms with Gasteiger partial charge in [0.25, 0.3) is 0 Å². The van der Waals surface area contributed by atoms with Crippen LogP contribution in [0.5, 0.6) is 0 Å². The number of hydrogen-bond donors (Lipinski definition) is 0. The zero-order valence-electron chi connectivity index (χ0n) is 33.0. The van der Waals surface area contributed by atoms with Gasteiger partial charge in [-0.05, 0) is 120 Å². The topological polar surface area (TPSA) is 25.8 Å². The Hall–Kier alpha value is -7.42. The normalized spacial score (nSPS) is 12.7. The molecule has 0 N–H and O–H groups in total. The zero-order valence-corrected chi connectivity index (χ0v) is 33.0. The van der Waals surface area contributed by atoms with E-state index < -0.39 is 0 Å². The summed E-state index contributed by atoms with van der Waals surface area (Å²) in [6.45, 7) is 4.63. The van der Waals surface area contributed by atoms with Gasteiger partial charge in [-0.2, -0.15) is 0 Å². The molecule has 0 atom stereocenters. The van der Waals surface area contributed by atoms with Crippen LogP contribution in [0.4, 0.5) is 0 Å². The molecule has 278 valence electrons. The highest BCUT2D eigenvalue weighted by atomic mass is 14.9. The van der Waals surface area contributed by atoms with E-state index in [4.69, 9.17) is 9.97 Å². The van der Waals surface area contributed by atoms with Gasteiger partial charge < -0.3 is 0 Å². The fraction of sp³-hybridized carbons (Fsp3) is 0.0526. The molecule has 10 aromatic rings. The number of nitrogens with zero attached hydrogens (tertiary/aromatic N) is 2. The number of fused-ring (bicyclic) bond motifs is 5. The van der Waals surface area contributed by atoms with E-state index in [1.807, 2.05) is 0 Å². The number of aromatic nitrogens is 2. The summed E-state index contributed by atoms with van der Waals surface area (Å²) in [5.74, 6) is 0.751. The second-order valence-corrected chi connectivity index (χ2v) is 16.2. The van der Waals surface area contributed by atoms with Crippen molar-refractivity contribution in [2.45, 2.75) is 19.3 Å². The second kappa shape index (κ2) is 13.9. The predicted octanol–water partition coefficient (Wildman–Crippen LogP) is 15.1. The maximum atomic E-state index is 5.55. The van der Waals surface area contributed by atoms with Gasteiger partial charge in [-0.15, -0.1) is 0 Å². The lowest BCUT2D eigenvalue weighted by Gasteiger charge is -2.21. The van der Waals surface area contributed by atoms with Crippen LogP contribution in [0.1, 0.15) is 25.1 Å². The molecule has 0 aliphatic heterocycles. The molecule has 9 aromatic carbocycles. The van der Waals surface area contributed by atoms with Gasteiger partial charge in [-0.25, -0.2) is 9.97 Å². The molecule has 2 nitrogen and oxygen atoms in total. The van der Waals surface area contributed by atoms with Crippen LogP contribution in [0.3, 0.4) is 0 Å². The van der Waals surface area contributed by atoms with Crippen molar-refractivity contribution in [2.24, 2.45) is 0 Å². The smallest absolute Gasteiger partial charge is 0.160 e. The maximum Gasteiger partial charge on any atom is 0.160 e. The second-order valence-electron chi connectivity index (χ2n) is 16.2. The molecule has 1 heterocycles. The maximum absolute atomic E-state index is 5.55. The lowest BCUT2D eigenvalue weighted by atomic mass is 9.84. The first-order valence-electron chi connectivity index (χ1n) is 20.4. The van der Waals surface area contributed by atoms with Crippen LogP contribution in [0.25, 0.3) is 99.8 Å². The molecule has 0 radical (unpaired) electrons. The first kappa shape index (κ1) is 34.8. The summed E-state index contributed by atoms with van der Waals surface area (Å²) in [5.41, 5.74) is 16.9. The standard InChI is InChI=1S/C57H40N2/c1-57(2)52-36-44-22-10-9-21-43(44)35-51(52)53-54(58-56(59-55(53)57)50-29-15-23-39-20-11-12-28-49(39)50)45-27-14-25-41(31-45)40-24-13-26-42(30-40)48-33-46(37-16-5-3-6-17-37)32-47(34-48)38-18-7-4-8-19-38/h3-36H,1-2H3. The van der Waals surface area contributed by atoms with Gasteiger partial charge >= 0.3 is 0 Å². The zero-order chi connectivity index (χ0) is 39.5. The van der Waals surface area contributed by atoms with Crippen LogP contribution in [0.2, 0.25) is 0 Å². The average Bonchev–Trinajstić information content (AvgIpc) is 3.52. The predicted molar refractivity (Wildman–Crippen MR) is 247 cm³/mol. The molecule has 1 aromatic heterocycles. The molecule has 0 amide bonds. The van der Waals surface area contributed by atoms with Gasteiger partial charge in [-0.1, -0.05) is 178 Å². The van der Waals surface area contributed by atoms with Crippen molar-refractivity contribution in [3.05, 3.63) is 218 Å². The van der Waals surface area contributed by atoms with Gasteiger partial charge in [-0.3, -0.25) is 0 Å². The van der Waals surface area contributed by atoms with Crippen molar-refractivity contribution < 1.29 is 0 Å². The van der Waals surface area contributed by atoms with Crippen molar-refractivity contribution >= 4 is 21.5 Å². The average molecular weight is 753 g/mol. The summed E-state index contributed by atoms with van der Waals surface area (Å²) in [6.07, 6.45) is 0. The minimum atomic E-state index is -0.329. The van der Waals surface area contributed by atoms with E-state index in [0.717, 1.165) is 50.4 Å². The minimum absolute atomic E-state index is 0.329. The summed E-state index contributed by atoms with van der Waals surface area (Å²) in [5, 5.41) is 4.79. The van der Waals surface area contributed by atoms with Crippen LogP contribution < -0.4 is 0 Å².